The summed E-state index contributed by atoms with van der Waals surface area (Å²) >= 11 is 2.12. The van der Waals surface area contributed by atoms with Crippen molar-refractivity contribution in [1.29, 1.82) is 0 Å². The van der Waals surface area contributed by atoms with Crippen molar-refractivity contribution in [1.82, 2.24) is 5.32 Å². The van der Waals surface area contributed by atoms with E-state index >= 15 is 0 Å². The van der Waals surface area contributed by atoms with E-state index in [-0.39, 0.29) is 0 Å². The summed E-state index contributed by atoms with van der Waals surface area (Å²) in [5.74, 6) is 1.15. The predicted molar refractivity (Wildman–Crippen MR) is 67.0 cm³/mol. The Morgan fingerprint density at radius 2 is 2.07 bits per heavy atom. The smallest absolute Gasteiger partial charge is 0.0170 e. The average molecular weight is 213 g/mol. The maximum Gasteiger partial charge on any atom is 0.0170 e. The molecule has 1 rings (SSSR count). The van der Waals surface area contributed by atoms with E-state index in [1.54, 1.807) is 0 Å². The minimum absolute atomic E-state index is 0.919. The molecule has 1 aliphatic carbocycles. The van der Waals surface area contributed by atoms with Crippen LogP contribution in [-0.4, -0.2) is 24.1 Å². The Morgan fingerprint density at radius 3 is 2.71 bits per heavy atom. The zero-order valence-corrected chi connectivity index (χ0v) is 10.2. The number of nitrogens with one attached hydrogen (secondary N) is 1. The summed E-state index contributed by atoms with van der Waals surface area (Å²) in [6, 6.07) is 0. The molecule has 0 spiro atoms. The number of thioether (sulfide) groups is 1. The van der Waals surface area contributed by atoms with Crippen LogP contribution in [0.5, 0.6) is 0 Å². The highest BCUT2D eigenvalue weighted by Crippen LogP contribution is 2.28. The lowest BCUT2D eigenvalue weighted by Crippen LogP contribution is -2.17. The van der Waals surface area contributed by atoms with E-state index in [0.717, 1.165) is 24.1 Å². The van der Waals surface area contributed by atoms with E-state index in [4.69, 9.17) is 0 Å². The molecular weight excluding hydrogens is 190 g/mol. The zero-order chi connectivity index (χ0) is 10.2. The molecular formula is C12H23NS. The summed E-state index contributed by atoms with van der Waals surface area (Å²) in [5, 5.41) is 4.24. The van der Waals surface area contributed by atoms with Gasteiger partial charge in [0.1, 0.15) is 0 Å². The highest BCUT2D eigenvalue weighted by Gasteiger charge is 2.13. The third kappa shape index (κ3) is 5.06. The van der Waals surface area contributed by atoms with Gasteiger partial charge in [0.2, 0.25) is 0 Å². The van der Waals surface area contributed by atoms with Crippen LogP contribution in [0.15, 0.2) is 12.2 Å². The molecule has 2 heteroatoms. The van der Waals surface area contributed by atoms with Crippen LogP contribution in [0.3, 0.4) is 0 Å². The molecule has 0 atom stereocenters. The Kier molecular flexibility index (Phi) is 6.37. The Balaban J connectivity index is 2.03. The molecule has 1 nitrogen and oxygen atoms in total. The van der Waals surface area contributed by atoms with Crippen LogP contribution >= 0.6 is 11.8 Å². The van der Waals surface area contributed by atoms with Gasteiger partial charge in [-0.05, 0) is 19.4 Å². The molecule has 0 aliphatic heterocycles. The van der Waals surface area contributed by atoms with Gasteiger partial charge < -0.3 is 5.32 Å². The van der Waals surface area contributed by atoms with Gasteiger partial charge in [-0.25, -0.2) is 0 Å². The minimum Gasteiger partial charge on any atom is -0.313 e. The van der Waals surface area contributed by atoms with Gasteiger partial charge in [0.25, 0.3) is 0 Å². The normalized spacial score (nSPS) is 18.4. The maximum atomic E-state index is 4.09. The monoisotopic (exact) mass is 213 g/mol. The fourth-order valence-corrected chi connectivity index (χ4v) is 3.06. The molecule has 14 heavy (non-hydrogen) atoms. The molecule has 0 aromatic carbocycles. The van der Waals surface area contributed by atoms with Crippen LogP contribution in [0.4, 0.5) is 0 Å². The fraction of sp³-hybridized carbons (Fsp3) is 0.833. The Hall–Kier alpha value is 0.0500. The van der Waals surface area contributed by atoms with E-state index in [1.165, 1.54) is 37.7 Å². The van der Waals surface area contributed by atoms with Crippen molar-refractivity contribution < 1.29 is 0 Å². The predicted octanol–water partition coefficient (Wildman–Crippen LogP) is 3.22. The number of likely N-dealkylation sites (N-methyl/N-ethyl adjacent to an activating group) is 1. The van der Waals surface area contributed by atoms with Gasteiger partial charge in [-0.1, -0.05) is 38.3 Å². The van der Waals surface area contributed by atoms with Gasteiger partial charge in [-0.15, -0.1) is 0 Å². The second kappa shape index (κ2) is 7.36. The Bertz CT molecular complexity index is 162. The van der Waals surface area contributed by atoms with Crippen LogP contribution in [0, 0.1) is 0 Å². The van der Waals surface area contributed by atoms with Crippen molar-refractivity contribution in [2.45, 2.75) is 44.3 Å². The zero-order valence-electron chi connectivity index (χ0n) is 9.35. The summed E-state index contributed by atoms with van der Waals surface area (Å²) < 4.78 is 0. The van der Waals surface area contributed by atoms with Crippen molar-refractivity contribution in [2.75, 3.05) is 18.8 Å². The van der Waals surface area contributed by atoms with Crippen LogP contribution in [-0.2, 0) is 0 Å². The van der Waals surface area contributed by atoms with Crippen LogP contribution in [0.1, 0.15) is 39.0 Å². The molecule has 0 bridgehead atoms. The standard InChI is InChI=1S/C12H23NS/c1-3-13-9-11(2)10-14-12-7-5-4-6-8-12/h12-13H,2-10H2,1H3. The average Bonchev–Trinajstić information content (AvgIpc) is 2.25. The fourth-order valence-electron chi connectivity index (χ4n) is 1.82. The van der Waals surface area contributed by atoms with Crippen molar-refractivity contribution in [3.8, 4) is 0 Å². The second-order valence-corrected chi connectivity index (χ2v) is 5.39. The third-order valence-corrected chi connectivity index (χ3v) is 4.22. The summed E-state index contributed by atoms with van der Waals surface area (Å²) in [5.41, 5.74) is 1.35. The second-order valence-electron chi connectivity index (χ2n) is 4.10. The topological polar surface area (TPSA) is 12.0 Å². The lowest BCUT2D eigenvalue weighted by Gasteiger charge is -2.21. The van der Waals surface area contributed by atoms with E-state index in [0.29, 0.717) is 0 Å². The molecule has 0 aromatic rings. The molecule has 1 N–H and O–H groups in total. The van der Waals surface area contributed by atoms with Crippen molar-refractivity contribution >= 4 is 11.8 Å². The molecule has 0 aromatic heterocycles. The first-order valence-electron chi connectivity index (χ1n) is 5.82. The lowest BCUT2D eigenvalue weighted by atomic mass is 10.0. The maximum absolute atomic E-state index is 4.09. The Morgan fingerprint density at radius 1 is 1.36 bits per heavy atom. The Labute approximate surface area is 92.7 Å². The van der Waals surface area contributed by atoms with Gasteiger partial charge in [0.15, 0.2) is 0 Å². The van der Waals surface area contributed by atoms with Gasteiger partial charge in [-0.3, -0.25) is 0 Å². The summed E-state index contributed by atoms with van der Waals surface area (Å²) in [7, 11) is 0. The minimum atomic E-state index is 0.919. The van der Waals surface area contributed by atoms with Gasteiger partial charge in [0.05, 0.1) is 0 Å². The first-order valence-corrected chi connectivity index (χ1v) is 6.86. The largest absolute Gasteiger partial charge is 0.313 e. The van der Waals surface area contributed by atoms with Gasteiger partial charge in [0, 0.05) is 17.5 Å². The molecule has 0 radical (unpaired) electrons. The summed E-state index contributed by atoms with van der Waals surface area (Å²) in [4.78, 5) is 0. The van der Waals surface area contributed by atoms with Crippen LogP contribution < -0.4 is 5.32 Å². The number of rotatable bonds is 6. The first-order chi connectivity index (χ1) is 6.83. The van der Waals surface area contributed by atoms with Crippen LogP contribution in [0.25, 0.3) is 0 Å². The molecule has 0 saturated heterocycles. The molecule has 0 heterocycles. The highest BCUT2D eigenvalue weighted by molar-refractivity contribution is 8.00. The van der Waals surface area contributed by atoms with Gasteiger partial charge in [-0.2, -0.15) is 11.8 Å². The van der Waals surface area contributed by atoms with Gasteiger partial charge >= 0.3 is 0 Å². The molecule has 1 saturated carbocycles. The lowest BCUT2D eigenvalue weighted by molar-refractivity contribution is 0.516. The highest BCUT2D eigenvalue weighted by atomic mass is 32.2. The molecule has 82 valence electrons. The van der Waals surface area contributed by atoms with Crippen molar-refractivity contribution in [3.63, 3.8) is 0 Å². The molecule has 1 fully saturated rings. The van der Waals surface area contributed by atoms with Crippen LogP contribution in [0.2, 0.25) is 0 Å². The summed E-state index contributed by atoms with van der Waals surface area (Å²) in [6.07, 6.45) is 7.20. The van der Waals surface area contributed by atoms with E-state index in [2.05, 4.69) is 30.6 Å². The van der Waals surface area contributed by atoms with E-state index in [9.17, 15) is 0 Å². The third-order valence-electron chi connectivity index (χ3n) is 2.70. The quantitative estimate of drug-likeness (QED) is 0.680. The SMILES string of the molecule is C=C(CNCC)CSC1CCCCC1. The first kappa shape index (κ1) is 12.1. The molecule has 1 aliphatic rings. The van der Waals surface area contributed by atoms with Crippen molar-refractivity contribution in [2.24, 2.45) is 0 Å². The summed E-state index contributed by atoms with van der Waals surface area (Å²) in [6.45, 7) is 8.28. The van der Waals surface area contributed by atoms with Crippen molar-refractivity contribution in [3.05, 3.63) is 12.2 Å². The molecule has 0 amide bonds. The molecule has 0 unspecified atom stereocenters. The van der Waals surface area contributed by atoms with E-state index < -0.39 is 0 Å². The van der Waals surface area contributed by atoms with E-state index in [1.807, 2.05) is 0 Å². The number of hydrogen-bond acceptors (Lipinski definition) is 2. The number of hydrogen-bond donors (Lipinski definition) is 1.